The minimum absolute atomic E-state index is 0.121. The summed E-state index contributed by atoms with van der Waals surface area (Å²) in [5.74, 6) is 4.07. The van der Waals surface area contributed by atoms with E-state index in [0.29, 0.717) is 5.75 Å². The van der Waals surface area contributed by atoms with Crippen molar-refractivity contribution in [2.24, 2.45) is 5.92 Å². The molecule has 1 amide bonds. The fourth-order valence-electron chi connectivity index (χ4n) is 3.69. The van der Waals surface area contributed by atoms with Gasteiger partial charge in [0.2, 0.25) is 5.91 Å². The molecule has 166 valence electrons. The minimum Gasteiger partial charge on any atom is -0.497 e. The van der Waals surface area contributed by atoms with Gasteiger partial charge in [0.25, 0.3) is 0 Å². The monoisotopic (exact) mass is 452 g/mol. The van der Waals surface area contributed by atoms with Crippen LogP contribution in [0.25, 0.3) is 0 Å². The lowest BCUT2D eigenvalue weighted by molar-refractivity contribution is -0.148. The van der Waals surface area contributed by atoms with Crippen molar-refractivity contribution in [2.75, 3.05) is 30.2 Å². The molecule has 6 nitrogen and oxygen atoms in total. The van der Waals surface area contributed by atoms with E-state index in [-0.39, 0.29) is 24.5 Å². The van der Waals surface area contributed by atoms with Gasteiger partial charge < -0.3 is 14.8 Å². The third kappa shape index (κ3) is 7.39. The molecule has 0 aromatic heterocycles. The number of benzene rings is 1. The number of thioether (sulfide) groups is 2. The van der Waals surface area contributed by atoms with Crippen molar-refractivity contribution >= 4 is 35.4 Å². The summed E-state index contributed by atoms with van der Waals surface area (Å²) in [5, 5.41) is 6.08. The largest absolute Gasteiger partial charge is 0.497 e. The minimum atomic E-state index is -0.628. The first-order chi connectivity index (χ1) is 14.7. The molecule has 1 heterocycles. The topological polar surface area (TPSA) is 76.7 Å². The van der Waals surface area contributed by atoms with Gasteiger partial charge in [-0.15, -0.1) is 11.8 Å². The van der Waals surface area contributed by atoms with Crippen LogP contribution in [0.2, 0.25) is 0 Å². The molecule has 1 aromatic carbocycles. The molecule has 3 rings (SSSR count). The van der Waals surface area contributed by atoms with Gasteiger partial charge in [0.15, 0.2) is 0 Å². The van der Waals surface area contributed by atoms with Crippen molar-refractivity contribution in [2.45, 2.75) is 50.8 Å². The maximum Gasteiger partial charge on any atom is 0.329 e. The Labute approximate surface area is 187 Å². The van der Waals surface area contributed by atoms with E-state index in [1.165, 1.54) is 32.1 Å². The molecule has 0 unspecified atom stereocenters. The van der Waals surface area contributed by atoms with Crippen molar-refractivity contribution in [1.29, 1.82) is 0 Å². The lowest BCUT2D eigenvalue weighted by Gasteiger charge is -2.23. The van der Waals surface area contributed by atoms with E-state index in [4.69, 9.17) is 9.47 Å². The van der Waals surface area contributed by atoms with Crippen LogP contribution in [-0.4, -0.2) is 54.2 Å². The highest BCUT2D eigenvalue weighted by atomic mass is 32.2. The Morgan fingerprint density at radius 3 is 2.67 bits per heavy atom. The first-order valence-corrected chi connectivity index (χ1v) is 13.0. The van der Waals surface area contributed by atoms with Gasteiger partial charge in [-0.1, -0.05) is 31.4 Å². The van der Waals surface area contributed by atoms with Crippen LogP contribution in [0.15, 0.2) is 24.3 Å². The zero-order valence-corrected chi connectivity index (χ0v) is 19.2. The number of nitrogens with one attached hydrogen (secondary N) is 2. The highest BCUT2D eigenvalue weighted by molar-refractivity contribution is 7.99. The van der Waals surface area contributed by atoms with Crippen molar-refractivity contribution < 1.29 is 19.1 Å². The number of amides is 1. The van der Waals surface area contributed by atoms with E-state index < -0.39 is 6.04 Å². The molecule has 2 aliphatic rings. The number of ether oxygens (including phenoxy) is 2. The van der Waals surface area contributed by atoms with Crippen LogP contribution in [0.1, 0.15) is 37.7 Å². The lowest BCUT2D eigenvalue weighted by atomic mass is 9.91. The summed E-state index contributed by atoms with van der Waals surface area (Å²) in [6.45, 7) is 0.181. The van der Waals surface area contributed by atoms with Gasteiger partial charge in [-0.3, -0.25) is 10.1 Å². The van der Waals surface area contributed by atoms with Gasteiger partial charge in [0.05, 0.1) is 13.2 Å². The molecule has 1 saturated heterocycles. The normalized spacial score (nSPS) is 20.5. The average Bonchev–Trinajstić information content (AvgIpc) is 3.33. The predicted octanol–water partition coefficient (Wildman–Crippen LogP) is 3.20. The summed E-state index contributed by atoms with van der Waals surface area (Å²) in [6, 6.07) is 6.55. The van der Waals surface area contributed by atoms with Crippen LogP contribution in [0, 0.1) is 5.92 Å². The summed E-state index contributed by atoms with van der Waals surface area (Å²) in [6.07, 6.45) is 6.49. The molecule has 1 aliphatic heterocycles. The summed E-state index contributed by atoms with van der Waals surface area (Å²) in [4.78, 5) is 25.3. The molecule has 2 N–H and O–H groups in total. The van der Waals surface area contributed by atoms with Crippen LogP contribution in [0.3, 0.4) is 0 Å². The number of carbonyl (C=O) groups is 2. The molecule has 2 fully saturated rings. The Bertz CT molecular complexity index is 674. The Hall–Kier alpha value is -1.38. The molecule has 2 atom stereocenters. The predicted molar refractivity (Wildman–Crippen MR) is 123 cm³/mol. The molecule has 1 aromatic rings. The maximum atomic E-state index is 12.8. The first-order valence-electron chi connectivity index (χ1n) is 10.6. The molecule has 1 saturated carbocycles. The number of hydrogen-bond acceptors (Lipinski definition) is 7. The SMILES string of the molecule is COc1ccc(COC(=O)[C@H](CSCC2CCCCC2)NC(=O)[C@@H]2CSCN2)cc1. The van der Waals surface area contributed by atoms with Crippen LogP contribution in [0.4, 0.5) is 0 Å². The summed E-state index contributed by atoms with van der Waals surface area (Å²) in [7, 11) is 1.62. The molecular formula is C22H32N2O4S2. The van der Waals surface area contributed by atoms with Crippen LogP contribution >= 0.6 is 23.5 Å². The second-order valence-corrected chi connectivity index (χ2v) is 9.94. The number of carbonyl (C=O) groups excluding carboxylic acids is 2. The smallest absolute Gasteiger partial charge is 0.329 e. The van der Waals surface area contributed by atoms with E-state index >= 15 is 0 Å². The fourth-order valence-corrected chi connectivity index (χ4v) is 5.89. The molecule has 1 aliphatic carbocycles. The number of esters is 1. The van der Waals surface area contributed by atoms with Crippen molar-refractivity contribution in [3.63, 3.8) is 0 Å². The zero-order valence-electron chi connectivity index (χ0n) is 17.6. The highest BCUT2D eigenvalue weighted by Gasteiger charge is 2.29. The average molecular weight is 453 g/mol. The standard InChI is InChI=1S/C22H32N2O4S2/c1-27-18-9-7-16(8-10-18)11-28-22(26)20(24-21(25)19-13-30-15-23-19)14-29-12-17-5-3-2-4-6-17/h7-10,17,19-20,23H,2-6,11-15H2,1H3,(H,24,25)/t19-,20-/m0/s1. The number of rotatable bonds is 10. The highest BCUT2D eigenvalue weighted by Crippen LogP contribution is 2.27. The zero-order chi connectivity index (χ0) is 21.2. The van der Waals surface area contributed by atoms with Gasteiger partial charge in [-0.25, -0.2) is 4.79 Å². The van der Waals surface area contributed by atoms with Crippen molar-refractivity contribution in [3.8, 4) is 5.75 Å². The molecule has 30 heavy (non-hydrogen) atoms. The van der Waals surface area contributed by atoms with Crippen molar-refractivity contribution in [3.05, 3.63) is 29.8 Å². The van der Waals surface area contributed by atoms with Gasteiger partial charge in [0.1, 0.15) is 18.4 Å². The molecule has 0 spiro atoms. The van der Waals surface area contributed by atoms with E-state index in [9.17, 15) is 9.59 Å². The molecule has 0 bridgehead atoms. The summed E-state index contributed by atoms with van der Waals surface area (Å²) < 4.78 is 10.7. The maximum absolute atomic E-state index is 12.8. The Balaban J connectivity index is 1.51. The Morgan fingerprint density at radius 1 is 1.23 bits per heavy atom. The second kappa shape index (κ2) is 12.5. The molecule has 0 radical (unpaired) electrons. The Kier molecular flexibility index (Phi) is 9.68. The van der Waals surface area contributed by atoms with Crippen LogP contribution < -0.4 is 15.4 Å². The molecular weight excluding hydrogens is 420 g/mol. The number of methoxy groups -OCH3 is 1. The van der Waals surface area contributed by atoms with E-state index in [1.807, 2.05) is 24.3 Å². The lowest BCUT2D eigenvalue weighted by Crippen LogP contribution is -2.50. The van der Waals surface area contributed by atoms with E-state index in [2.05, 4.69) is 10.6 Å². The van der Waals surface area contributed by atoms with E-state index in [0.717, 1.165) is 34.6 Å². The quantitative estimate of drug-likeness (QED) is 0.528. The van der Waals surface area contributed by atoms with Crippen molar-refractivity contribution in [1.82, 2.24) is 10.6 Å². The third-order valence-corrected chi connectivity index (χ3v) is 7.75. The van der Waals surface area contributed by atoms with Crippen LogP contribution in [0.5, 0.6) is 5.75 Å². The first kappa shape index (κ1) is 23.3. The van der Waals surface area contributed by atoms with E-state index in [1.54, 1.807) is 30.6 Å². The van der Waals surface area contributed by atoms with Gasteiger partial charge in [-0.05, 0) is 42.2 Å². The Morgan fingerprint density at radius 2 is 2.00 bits per heavy atom. The fraction of sp³-hybridized carbons (Fsp3) is 0.636. The van der Waals surface area contributed by atoms with Crippen LogP contribution in [-0.2, 0) is 20.9 Å². The summed E-state index contributed by atoms with van der Waals surface area (Å²) in [5.41, 5.74) is 0.887. The second-order valence-electron chi connectivity index (χ2n) is 7.83. The van der Waals surface area contributed by atoms with Gasteiger partial charge in [-0.2, -0.15) is 11.8 Å². The summed E-state index contributed by atoms with van der Waals surface area (Å²) >= 11 is 3.44. The number of hydrogen-bond donors (Lipinski definition) is 2. The van der Waals surface area contributed by atoms with Gasteiger partial charge >= 0.3 is 5.97 Å². The third-order valence-electron chi connectivity index (χ3n) is 5.54. The van der Waals surface area contributed by atoms with Gasteiger partial charge in [0, 0.05) is 17.4 Å². The molecule has 8 heteroatoms.